The third-order valence-corrected chi connectivity index (χ3v) is 8.48. The van der Waals surface area contributed by atoms with Gasteiger partial charge in [-0.3, -0.25) is 4.79 Å². The lowest BCUT2D eigenvalue weighted by atomic mass is 10.0. The van der Waals surface area contributed by atoms with Crippen molar-refractivity contribution in [2.24, 2.45) is 0 Å². The molecule has 0 bridgehead atoms. The van der Waals surface area contributed by atoms with Gasteiger partial charge in [-0.2, -0.15) is 0 Å². The highest BCUT2D eigenvalue weighted by Gasteiger charge is 2.03. The van der Waals surface area contributed by atoms with E-state index < -0.39 is 0 Å². The molecule has 270 valence electrons. The Balaban J connectivity index is 3.13. The minimum Gasteiger partial charge on any atom is -0.463 e. The van der Waals surface area contributed by atoms with E-state index in [1.165, 1.54) is 148 Å². The van der Waals surface area contributed by atoms with Gasteiger partial charge in [0, 0.05) is 13.0 Å². The van der Waals surface area contributed by atoms with Gasteiger partial charge in [-0.25, -0.2) is 0 Å². The average Bonchev–Trinajstić information content (AvgIpc) is 3.05. The Kier molecular flexibility index (Phi) is 40.7. The van der Waals surface area contributed by atoms with Crippen molar-refractivity contribution < 1.29 is 28.5 Å². The zero-order chi connectivity index (χ0) is 32.6. The maximum Gasteiger partial charge on any atom is 0.305 e. The number of carbonyl (C=O) groups excluding carboxylic acids is 1. The Morgan fingerprint density at radius 3 is 0.933 bits per heavy atom. The van der Waals surface area contributed by atoms with Crippen LogP contribution in [0.1, 0.15) is 187 Å². The summed E-state index contributed by atoms with van der Waals surface area (Å²) in [5.41, 5.74) is 0. The van der Waals surface area contributed by atoms with E-state index >= 15 is 0 Å². The number of esters is 1. The Morgan fingerprint density at radius 2 is 0.578 bits per heavy atom. The van der Waals surface area contributed by atoms with Gasteiger partial charge in [0.1, 0.15) is 6.61 Å². The zero-order valence-electron chi connectivity index (χ0n) is 30.4. The molecule has 0 aliphatic heterocycles. The second-order valence-electron chi connectivity index (χ2n) is 12.9. The van der Waals surface area contributed by atoms with Gasteiger partial charge in [0.05, 0.1) is 46.2 Å². The Hall–Kier alpha value is -0.690. The normalized spacial score (nSPS) is 11.4. The van der Waals surface area contributed by atoms with Crippen molar-refractivity contribution in [1.82, 2.24) is 0 Å². The summed E-state index contributed by atoms with van der Waals surface area (Å²) in [7, 11) is 0. The maximum absolute atomic E-state index is 11.9. The number of carbonyl (C=O) groups is 1. The lowest BCUT2D eigenvalue weighted by Crippen LogP contribution is -2.14. The molecule has 0 aromatic heterocycles. The first-order chi connectivity index (χ1) is 22.3. The molecule has 0 fully saturated rings. The summed E-state index contributed by atoms with van der Waals surface area (Å²) >= 11 is 0. The topological polar surface area (TPSA) is 63.2 Å². The van der Waals surface area contributed by atoms with E-state index in [2.05, 4.69) is 13.8 Å². The van der Waals surface area contributed by atoms with Gasteiger partial charge < -0.3 is 23.7 Å². The van der Waals surface area contributed by atoms with E-state index in [0.29, 0.717) is 59.3 Å². The van der Waals surface area contributed by atoms with Crippen LogP contribution in [0.15, 0.2) is 0 Å². The van der Waals surface area contributed by atoms with Crippen molar-refractivity contribution in [2.75, 3.05) is 59.5 Å². The number of ether oxygens (including phenoxy) is 5. The van der Waals surface area contributed by atoms with Crippen LogP contribution in [-0.4, -0.2) is 65.4 Å². The van der Waals surface area contributed by atoms with Crippen molar-refractivity contribution >= 4 is 5.97 Å². The number of unbranched alkanes of at least 4 members (excludes halogenated alkanes) is 24. The van der Waals surface area contributed by atoms with Gasteiger partial charge in [0.2, 0.25) is 0 Å². The van der Waals surface area contributed by atoms with E-state index in [-0.39, 0.29) is 5.97 Å². The number of hydrogen-bond acceptors (Lipinski definition) is 6. The maximum atomic E-state index is 11.9. The molecule has 0 atom stereocenters. The quantitative estimate of drug-likeness (QED) is 0.0489. The largest absolute Gasteiger partial charge is 0.463 e. The fraction of sp³-hybridized carbons (Fsp3) is 0.974. The van der Waals surface area contributed by atoms with E-state index in [1.54, 1.807) is 0 Å². The van der Waals surface area contributed by atoms with E-state index in [1.807, 2.05) is 0 Å². The van der Waals surface area contributed by atoms with Crippen LogP contribution in [0.3, 0.4) is 0 Å². The summed E-state index contributed by atoms with van der Waals surface area (Å²) in [5.74, 6) is -0.107. The van der Waals surface area contributed by atoms with Crippen LogP contribution >= 0.6 is 0 Å². The lowest BCUT2D eigenvalue weighted by molar-refractivity contribution is -0.145. The van der Waals surface area contributed by atoms with Gasteiger partial charge in [0.15, 0.2) is 0 Å². The van der Waals surface area contributed by atoms with Crippen molar-refractivity contribution in [3.05, 3.63) is 0 Å². The SMILES string of the molecule is CCCCCCCCCCCCCCCCCC(=O)OCCOCCOCCOCCOCCCCCCCCCCCCC. The minimum atomic E-state index is -0.107. The van der Waals surface area contributed by atoms with Gasteiger partial charge in [-0.15, -0.1) is 0 Å². The van der Waals surface area contributed by atoms with Crippen molar-refractivity contribution in [1.29, 1.82) is 0 Å². The fourth-order valence-corrected chi connectivity index (χ4v) is 5.56. The molecule has 45 heavy (non-hydrogen) atoms. The monoisotopic (exact) mass is 643 g/mol. The molecule has 0 heterocycles. The van der Waals surface area contributed by atoms with Gasteiger partial charge in [-0.05, 0) is 12.8 Å². The summed E-state index contributed by atoms with van der Waals surface area (Å²) in [6.45, 7) is 9.53. The van der Waals surface area contributed by atoms with E-state index in [9.17, 15) is 4.79 Å². The molecule has 0 rings (SSSR count). The van der Waals surface area contributed by atoms with Crippen LogP contribution in [0, 0.1) is 0 Å². The second kappa shape index (κ2) is 41.3. The van der Waals surface area contributed by atoms with Crippen LogP contribution in [0.2, 0.25) is 0 Å². The molecule has 0 amide bonds. The summed E-state index contributed by atoms with van der Waals surface area (Å²) < 4.78 is 27.5. The number of hydrogen-bond donors (Lipinski definition) is 0. The molecule has 0 aliphatic rings. The van der Waals surface area contributed by atoms with Crippen LogP contribution in [-0.2, 0) is 28.5 Å². The van der Waals surface area contributed by atoms with Gasteiger partial charge >= 0.3 is 5.97 Å². The zero-order valence-corrected chi connectivity index (χ0v) is 30.4. The van der Waals surface area contributed by atoms with Gasteiger partial charge in [0.25, 0.3) is 0 Å². The van der Waals surface area contributed by atoms with Gasteiger partial charge in [-0.1, -0.05) is 168 Å². The second-order valence-corrected chi connectivity index (χ2v) is 12.9. The molecule has 0 N–H and O–H groups in total. The highest BCUT2D eigenvalue weighted by Crippen LogP contribution is 2.14. The summed E-state index contributed by atoms with van der Waals surface area (Å²) in [5, 5.41) is 0. The first-order valence-corrected chi connectivity index (χ1v) is 19.8. The standard InChI is InChI=1S/C39H78O6/c1-3-5-7-9-11-13-15-16-17-18-19-21-23-25-27-29-39(40)45-38-37-44-36-35-43-34-33-42-32-31-41-30-28-26-24-22-20-14-12-10-8-6-4-2/h3-38H2,1-2H3. The smallest absolute Gasteiger partial charge is 0.305 e. The highest BCUT2D eigenvalue weighted by molar-refractivity contribution is 5.69. The molecule has 0 saturated carbocycles. The first kappa shape index (κ1) is 44.3. The molecule has 6 nitrogen and oxygen atoms in total. The molecule has 0 aromatic rings. The molecule has 0 radical (unpaired) electrons. The minimum absolute atomic E-state index is 0.107. The summed E-state index contributed by atoms with van der Waals surface area (Å²) in [6, 6.07) is 0. The van der Waals surface area contributed by atoms with Crippen LogP contribution in [0.5, 0.6) is 0 Å². The third-order valence-electron chi connectivity index (χ3n) is 8.48. The summed E-state index contributed by atoms with van der Waals surface area (Å²) in [6.07, 6.45) is 35.4. The lowest BCUT2D eigenvalue weighted by Gasteiger charge is -2.08. The molecule has 0 saturated heterocycles. The Morgan fingerprint density at radius 1 is 0.311 bits per heavy atom. The first-order valence-electron chi connectivity index (χ1n) is 19.8. The van der Waals surface area contributed by atoms with E-state index in [0.717, 1.165) is 25.9 Å². The molecule has 0 aromatic carbocycles. The predicted molar refractivity (Wildman–Crippen MR) is 190 cm³/mol. The molecule has 0 aliphatic carbocycles. The van der Waals surface area contributed by atoms with Crippen LogP contribution in [0.25, 0.3) is 0 Å². The Labute approximate surface area is 280 Å². The average molecular weight is 643 g/mol. The predicted octanol–water partition coefficient (Wildman–Crippen LogP) is 11.2. The molecule has 0 spiro atoms. The molecule has 0 unspecified atom stereocenters. The Bertz CT molecular complexity index is 544. The van der Waals surface area contributed by atoms with Crippen LogP contribution < -0.4 is 0 Å². The summed E-state index contributed by atoms with van der Waals surface area (Å²) in [4.78, 5) is 11.9. The highest BCUT2D eigenvalue weighted by atomic mass is 16.6. The van der Waals surface area contributed by atoms with Crippen molar-refractivity contribution in [2.45, 2.75) is 187 Å². The third kappa shape index (κ3) is 41.3. The fourth-order valence-electron chi connectivity index (χ4n) is 5.56. The molecular weight excluding hydrogens is 564 g/mol. The van der Waals surface area contributed by atoms with Crippen molar-refractivity contribution in [3.63, 3.8) is 0 Å². The molecular formula is C39H78O6. The van der Waals surface area contributed by atoms with Crippen LogP contribution in [0.4, 0.5) is 0 Å². The number of rotatable bonds is 40. The molecule has 6 heteroatoms. The van der Waals surface area contributed by atoms with E-state index in [4.69, 9.17) is 23.7 Å². The van der Waals surface area contributed by atoms with Crippen molar-refractivity contribution in [3.8, 4) is 0 Å².